The van der Waals surface area contributed by atoms with Crippen LogP contribution in [-0.2, 0) is 0 Å². The van der Waals surface area contributed by atoms with Gasteiger partial charge in [0.15, 0.2) is 0 Å². The first-order chi connectivity index (χ1) is 4.41. The lowest BCUT2D eigenvalue weighted by Gasteiger charge is -1.69. The smallest absolute Gasteiger partial charge is 0.0298 e. The van der Waals surface area contributed by atoms with Gasteiger partial charge in [-0.1, -0.05) is 36.4 Å². The highest BCUT2D eigenvalue weighted by molar-refractivity contribution is 5.20. The molecule has 0 amide bonds. The molecule has 0 aromatic heterocycles. The van der Waals surface area contributed by atoms with Crippen LogP contribution < -0.4 is 0 Å². The van der Waals surface area contributed by atoms with Crippen molar-refractivity contribution in [3.63, 3.8) is 0 Å². The summed E-state index contributed by atoms with van der Waals surface area (Å²) in [5, 5.41) is 9.33. The standard InChI is InChI=1S/C6H6.CH3NO/c1-2-4-6-5-3-1;1-2-3/h1-6H;3H,1H2. The second-order valence-electron chi connectivity index (χ2n) is 1.30. The lowest BCUT2D eigenvalue weighted by molar-refractivity contribution is 0.323. The van der Waals surface area contributed by atoms with Crippen LogP contribution in [0, 0.1) is 0 Å². The van der Waals surface area contributed by atoms with Crippen LogP contribution in [0.2, 0.25) is 0 Å². The van der Waals surface area contributed by atoms with Crippen molar-refractivity contribution in [3.8, 4) is 0 Å². The highest BCUT2D eigenvalue weighted by Crippen LogP contribution is 1.79. The predicted molar refractivity (Wildman–Crippen MR) is 37.8 cm³/mol. The quantitative estimate of drug-likeness (QED) is 0.318. The van der Waals surface area contributed by atoms with Crippen molar-refractivity contribution in [1.82, 2.24) is 0 Å². The van der Waals surface area contributed by atoms with Gasteiger partial charge in [-0.2, -0.15) is 0 Å². The molecule has 1 aromatic rings. The minimum absolute atomic E-state index is 2.00. The number of nitrogens with zero attached hydrogens (tertiary/aromatic N) is 1. The molecule has 0 radical (unpaired) electrons. The summed E-state index contributed by atoms with van der Waals surface area (Å²) < 4.78 is 0. The van der Waals surface area contributed by atoms with Crippen LogP contribution in [0.1, 0.15) is 0 Å². The van der Waals surface area contributed by atoms with E-state index in [4.69, 9.17) is 5.21 Å². The van der Waals surface area contributed by atoms with Crippen LogP contribution in [0.4, 0.5) is 0 Å². The Morgan fingerprint density at radius 3 is 1.11 bits per heavy atom. The van der Waals surface area contributed by atoms with Crippen molar-refractivity contribution in [1.29, 1.82) is 0 Å². The maximum absolute atomic E-state index is 7.08. The Hall–Kier alpha value is -1.31. The SMILES string of the molecule is C=NO.c1ccccc1. The zero-order valence-corrected chi connectivity index (χ0v) is 5.07. The molecule has 1 aromatic carbocycles. The second-order valence-corrected chi connectivity index (χ2v) is 1.30. The Bertz CT molecular complexity index is 112. The van der Waals surface area contributed by atoms with Gasteiger partial charge in [0, 0.05) is 6.72 Å². The maximum atomic E-state index is 7.08. The van der Waals surface area contributed by atoms with Gasteiger partial charge in [0.1, 0.15) is 0 Å². The molecule has 2 nitrogen and oxygen atoms in total. The van der Waals surface area contributed by atoms with E-state index in [-0.39, 0.29) is 0 Å². The molecule has 0 bridgehead atoms. The monoisotopic (exact) mass is 123 g/mol. The largest absolute Gasteiger partial charge is 0.411 e. The molecule has 0 unspecified atom stereocenters. The lowest BCUT2D eigenvalue weighted by atomic mass is 10.4. The molecule has 0 saturated heterocycles. The molecule has 0 aliphatic rings. The van der Waals surface area contributed by atoms with Crippen molar-refractivity contribution >= 4 is 6.72 Å². The van der Waals surface area contributed by atoms with Gasteiger partial charge < -0.3 is 5.21 Å². The third kappa shape index (κ3) is 6.69. The second kappa shape index (κ2) is 6.69. The third-order valence-corrected chi connectivity index (χ3v) is 0.667. The molecule has 2 heteroatoms. The molecule has 0 saturated carbocycles. The van der Waals surface area contributed by atoms with Crippen molar-refractivity contribution in [2.24, 2.45) is 5.16 Å². The molecule has 0 fully saturated rings. The molecule has 0 aliphatic carbocycles. The Kier molecular flexibility index (Phi) is 5.72. The van der Waals surface area contributed by atoms with Crippen LogP contribution >= 0.6 is 0 Å². The van der Waals surface area contributed by atoms with Gasteiger partial charge in [-0.05, 0) is 0 Å². The van der Waals surface area contributed by atoms with Crippen molar-refractivity contribution in [3.05, 3.63) is 36.4 Å². The first-order valence-electron chi connectivity index (χ1n) is 2.52. The van der Waals surface area contributed by atoms with E-state index < -0.39 is 0 Å². The van der Waals surface area contributed by atoms with Gasteiger partial charge in [-0.3, -0.25) is 0 Å². The van der Waals surface area contributed by atoms with E-state index in [2.05, 4.69) is 11.9 Å². The Balaban J connectivity index is 0.000000187. The van der Waals surface area contributed by atoms with Crippen LogP contribution in [0.15, 0.2) is 41.6 Å². The van der Waals surface area contributed by atoms with Gasteiger partial charge >= 0.3 is 0 Å². The number of hydrogen-bond donors (Lipinski definition) is 1. The fourth-order valence-electron chi connectivity index (χ4n) is 0.385. The Morgan fingerprint density at radius 2 is 1.00 bits per heavy atom. The van der Waals surface area contributed by atoms with E-state index in [9.17, 15) is 0 Å². The molecular weight excluding hydrogens is 114 g/mol. The average Bonchev–Trinajstić information content (AvgIpc) is 1.93. The number of hydrogen-bond acceptors (Lipinski definition) is 2. The summed E-state index contributed by atoms with van der Waals surface area (Å²) >= 11 is 0. The van der Waals surface area contributed by atoms with Crippen molar-refractivity contribution in [2.45, 2.75) is 0 Å². The average molecular weight is 123 g/mol. The zero-order valence-electron chi connectivity index (χ0n) is 5.07. The van der Waals surface area contributed by atoms with E-state index in [1.54, 1.807) is 0 Å². The predicted octanol–water partition coefficient (Wildman–Crippen LogP) is 1.76. The topological polar surface area (TPSA) is 32.6 Å². The first-order valence-corrected chi connectivity index (χ1v) is 2.52. The summed E-state index contributed by atoms with van der Waals surface area (Å²) in [7, 11) is 0. The Labute approximate surface area is 54.4 Å². The lowest BCUT2D eigenvalue weighted by Crippen LogP contribution is -1.47. The molecule has 0 atom stereocenters. The normalized spacial score (nSPS) is 6.67. The molecular formula is C7H9NO. The van der Waals surface area contributed by atoms with Gasteiger partial charge in [-0.15, -0.1) is 5.16 Å². The first kappa shape index (κ1) is 7.69. The molecule has 9 heavy (non-hydrogen) atoms. The van der Waals surface area contributed by atoms with Crippen molar-refractivity contribution < 1.29 is 5.21 Å². The van der Waals surface area contributed by atoms with E-state index >= 15 is 0 Å². The van der Waals surface area contributed by atoms with Crippen LogP contribution in [0.5, 0.6) is 0 Å². The third-order valence-electron chi connectivity index (χ3n) is 0.667. The molecule has 48 valence electrons. The molecule has 0 aliphatic heterocycles. The summed E-state index contributed by atoms with van der Waals surface area (Å²) in [6, 6.07) is 12.0. The molecule has 1 rings (SSSR count). The van der Waals surface area contributed by atoms with Crippen LogP contribution in [-0.4, -0.2) is 11.9 Å². The number of benzene rings is 1. The minimum Gasteiger partial charge on any atom is -0.411 e. The van der Waals surface area contributed by atoms with E-state index in [0.29, 0.717) is 0 Å². The summed E-state index contributed by atoms with van der Waals surface area (Å²) in [6.07, 6.45) is 0. The fraction of sp³-hybridized carbons (Fsp3) is 0. The highest BCUT2D eigenvalue weighted by Gasteiger charge is 1.57. The summed E-state index contributed by atoms with van der Waals surface area (Å²) in [5.74, 6) is 0. The maximum Gasteiger partial charge on any atom is 0.0298 e. The summed E-state index contributed by atoms with van der Waals surface area (Å²) in [6.45, 7) is 2.67. The zero-order chi connectivity index (χ0) is 6.95. The van der Waals surface area contributed by atoms with Gasteiger partial charge in [-0.25, -0.2) is 0 Å². The minimum atomic E-state index is 2.00. The summed E-state index contributed by atoms with van der Waals surface area (Å²) in [5.41, 5.74) is 0. The molecule has 0 spiro atoms. The van der Waals surface area contributed by atoms with Crippen LogP contribution in [0.3, 0.4) is 0 Å². The molecule has 0 heterocycles. The Morgan fingerprint density at radius 1 is 0.889 bits per heavy atom. The highest BCUT2D eigenvalue weighted by atomic mass is 16.4. The van der Waals surface area contributed by atoms with E-state index in [1.165, 1.54) is 0 Å². The summed E-state index contributed by atoms with van der Waals surface area (Å²) in [4.78, 5) is 0. The van der Waals surface area contributed by atoms with Gasteiger partial charge in [0.25, 0.3) is 0 Å². The number of rotatable bonds is 0. The van der Waals surface area contributed by atoms with Gasteiger partial charge in [0.05, 0.1) is 0 Å². The van der Waals surface area contributed by atoms with Crippen LogP contribution in [0.25, 0.3) is 0 Å². The number of oxime groups is 1. The van der Waals surface area contributed by atoms with Crippen molar-refractivity contribution in [2.75, 3.05) is 0 Å². The van der Waals surface area contributed by atoms with E-state index in [0.717, 1.165) is 0 Å². The van der Waals surface area contributed by atoms with Gasteiger partial charge in [0.2, 0.25) is 0 Å². The fourth-order valence-corrected chi connectivity index (χ4v) is 0.385. The molecule has 1 N–H and O–H groups in total. The van der Waals surface area contributed by atoms with E-state index in [1.807, 2.05) is 36.4 Å².